The molecular formula is C19H27NO5. The maximum atomic E-state index is 10.1. The number of hydrogen-bond donors (Lipinski definition) is 1. The second kappa shape index (κ2) is 7.74. The molecule has 1 aromatic carbocycles. The van der Waals surface area contributed by atoms with Gasteiger partial charge in [-0.3, -0.25) is 0 Å². The van der Waals surface area contributed by atoms with E-state index in [1.165, 1.54) is 5.56 Å². The number of aliphatic hydroxyl groups excluding tert-OH is 1. The Labute approximate surface area is 148 Å². The van der Waals surface area contributed by atoms with Gasteiger partial charge in [0.1, 0.15) is 0 Å². The fourth-order valence-electron chi connectivity index (χ4n) is 3.96. The maximum absolute atomic E-state index is 10.1. The van der Waals surface area contributed by atoms with Crippen molar-refractivity contribution < 1.29 is 24.1 Å². The number of ether oxygens (including phenoxy) is 4. The molecule has 6 nitrogen and oxygen atoms in total. The predicted molar refractivity (Wildman–Crippen MR) is 93.9 cm³/mol. The summed E-state index contributed by atoms with van der Waals surface area (Å²) in [6.07, 6.45) is 5.45. The van der Waals surface area contributed by atoms with Crippen LogP contribution in [0.5, 0.6) is 11.5 Å². The number of likely N-dealkylation sites (tertiary alicyclic amines) is 1. The minimum atomic E-state index is -0.382. The van der Waals surface area contributed by atoms with Gasteiger partial charge in [0.2, 0.25) is 0 Å². The molecule has 25 heavy (non-hydrogen) atoms. The van der Waals surface area contributed by atoms with Crippen LogP contribution in [-0.2, 0) is 14.9 Å². The number of nitrogens with zero attached hydrogens (tertiary/aromatic N) is 1. The lowest BCUT2D eigenvalue weighted by Crippen LogP contribution is -2.44. The molecule has 1 fully saturated rings. The molecule has 3 atom stereocenters. The van der Waals surface area contributed by atoms with E-state index in [4.69, 9.17) is 18.9 Å². The van der Waals surface area contributed by atoms with Gasteiger partial charge >= 0.3 is 0 Å². The molecule has 3 rings (SSSR count). The zero-order chi connectivity index (χ0) is 17.9. The third-order valence-electron chi connectivity index (χ3n) is 5.23. The van der Waals surface area contributed by atoms with Gasteiger partial charge in [0, 0.05) is 25.7 Å². The highest BCUT2D eigenvalue weighted by atomic mass is 16.7. The summed E-state index contributed by atoms with van der Waals surface area (Å²) in [7, 11) is 5.29. The SMILES string of the molecule is COCOc1ccc([C@@]23C=C[C@@H](O)C[C@@H]2N(C)CC3)cc1OCOC. The van der Waals surface area contributed by atoms with E-state index in [0.29, 0.717) is 11.5 Å². The molecule has 1 aliphatic carbocycles. The summed E-state index contributed by atoms with van der Waals surface area (Å²) in [5, 5.41) is 10.1. The van der Waals surface area contributed by atoms with Gasteiger partial charge in [-0.1, -0.05) is 18.2 Å². The maximum Gasteiger partial charge on any atom is 0.188 e. The van der Waals surface area contributed by atoms with E-state index >= 15 is 0 Å². The van der Waals surface area contributed by atoms with E-state index in [1.807, 2.05) is 18.2 Å². The summed E-state index contributed by atoms with van der Waals surface area (Å²) in [6, 6.07) is 6.30. The van der Waals surface area contributed by atoms with Crippen LogP contribution in [0.1, 0.15) is 18.4 Å². The molecule has 0 radical (unpaired) electrons. The normalized spacial score (nSPS) is 28.8. The number of rotatable bonds is 7. The van der Waals surface area contributed by atoms with Gasteiger partial charge in [-0.15, -0.1) is 0 Å². The lowest BCUT2D eigenvalue weighted by molar-refractivity contribution is 0.0321. The Morgan fingerprint density at radius 2 is 1.88 bits per heavy atom. The first-order chi connectivity index (χ1) is 12.1. The smallest absolute Gasteiger partial charge is 0.188 e. The van der Waals surface area contributed by atoms with Crippen molar-refractivity contribution in [2.75, 3.05) is 41.4 Å². The Bertz CT molecular complexity index is 620. The van der Waals surface area contributed by atoms with E-state index in [0.717, 1.165) is 19.4 Å². The fraction of sp³-hybridized carbons (Fsp3) is 0.579. The van der Waals surface area contributed by atoms with E-state index in [2.05, 4.69) is 24.1 Å². The fourth-order valence-corrected chi connectivity index (χ4v) is 3.96. The molecule has 1 aliphatic heterocycles. The topological polar surface area (TPSA) is 60.4 Å². The van der Waals surface area contributed by atoms with E-state index in [-0.39, 0.29) is 31.1 Å². The van der Waals surface area contributed by atoms with Crippen molar-refractivity contribution in [1.29, 1.82) is 0 Å². The van der Waals surface area contributed by atoms with Gasteiger partial charge in [-0.25, -0.2) is 0 Å². The van der Waals surface area contributed by atoms with Crippen LogP contribution in [0.4, 0.5) is 0 Å². The molecule has 0 saturated carbocycles. The number of benzene rings is 1. The third kappa shape index (κ3) is 3.53. The van der Waals surface area contributed by atoms with Crippen LogP contribution in [-0.4, -0.2) is 63.6 Å². The first-order valence-corrected chi connectivity index (χ1v) is 8.56. The molecule has 0 bridgehead atoms. The molecule has 0 spiro atoms. The molecule has 138 valence electrons. The van der Waals surface area contributed by atoms with Gasteiger partial charge in [0.25, 0.3) is 0 Å². The van der Waals surface area contributed by atoms with Gasteiger partial charge in [0.05, 0.1) is 6.10 Å². The van der Waals surface area contributed by atoms with Crippen LogP contribution in [0.25, 0.3) is 0 Å². The quantitative estimate of drug-likeness (QED) is 0.599. The second-order valence-electron chi connectivity index (χ2n) is 6.71. The van der Waals surface area contributed by atoms with Crippen LogP contribution in [0, 0.1) is 0 Å². The van der Waals surface area contributed by atoms with Crippen LogP contribution < -0.4 is 9.47 Å². The van der Waals surface area contributed by atoms with Crippen molar-refractivity contribution >= 4 is 0 Å². The zero-order valence-corrected chi connectivity index (χ0v) is 15.1. The molecule has 0 aromatic heterocycles. The number of methoxy groups -OCH3 is 2. The van der Waals surface area contributed by atoms with Crippen molar-refractivity contribution in [3.63, 3.8) is 0 Å². The molecule has 2 aliphatic rings. The largest absolute Gasteiger partial charge is 0.464 e. The zero-order valence-electron chi connectivity index (χ0n) is 15.1. The first-order valence-electron chi connectivity index (χ1n) is 8.56. The summed E-state index contributed by atoms with van der Waals surface area (Å²) in [5.74, 6) is 1.26. The van der Waals surface area contributed by atoms with Crippen molar-refractivity contribution in [3.05, 3.63) is 35.9 Å². The van der Waals surface area contributed by atoms with Crippen molar-refractivity contribution in [3.8, 4) is 11.5 Å². The number of fused-ring (bicyclic) bond motifs is 1. The molecule has 0 amide bonds. The minimum absolute atomic E-state index is 0.112. The molecule has 1 N–H and O–H groups in total. The highest BCUT2D eigenvalue weighted by molar-refractivity contribution is 5.48. The summed E-state index contributed by atoms with van der Waals surface area (Å²) >= 11 is 0. The van der Waals surface area contributed by atoms with E-state index in [1.54, 1.807) is 14.2 Å². The number of hydrogen-bond acceptors (Lipinski definition) is 6. The predicted octanol–water partition coefficient (Wildman–Crippen LogP) is 1.91. The van der Waals surface area contributed by atoms with Crippen LogP contribution >= 0.6 is 0 Å². The molecule has 6 heteroatoms. The Kier molecular flexibility index (Phi) is 5.64. The Balaban J connectivity index is 1.96. The highest BCUT2D eigenvalue weighted by Crippen LogP contribution is 2.47. The van der Waals surface area contributed by atoms with E-state index < -0.39 is 0 Å². The van der Waals surface area contributed by atoms with Gasteiger partial charge < -0.3 is 29.0 Å². The highest BCUT2D eigenvalue weighted by Gasteiger charge is 2.48. The van der Waals surface area contributed by atoms with Crippen molar-refractivity contribution in [2.45, 2.75) is 30.4 Å². The lowest BCUT2D eigenvalue weighted by atomic mass is 9.69. The summed E-state index contributed by atoms with van der Waals surface area (Å²) in [6.45, 7) is 1.31. The number of aliphatic hydroxyl groups is 1. The average molecular weight is 349 g/mol. The van der Waals surface area contributed by atoms with Gasteiger partial charge in [-0.05, 0) is 44.1 Å². The Hall–Kier alpha value is -1.60. The van der Waals surface area contributed by atoms with Crippen LogP contribution in [0.2, 0.25) is 0 Å². The van der Waals surface area contributed by atoms with Crippen LogP contribution in [0.15, 0.2) is 30.4 Å². The summed E-state index contributed by atoms with van der Waals surface area (Å²) in [5.41, 5.74) is 1.06. The summed E-state index contributed by atoms with van der Waals surface area (Å²) in [4.78, 5) is 2.33. The molecule has 1 saturated heterocycles. The standard InChI is InChI=1S/C19H27NO5/c1-20-9-8-19(7-6-15(21)11-18(19)20)14-4-5-16(24-12-22-2)17(10-14)25-13-23-3/h4-7,10,15,18,21H,8-9,11-13H2,1-3H3/t15-,18+,19+/m1/s1. The monoisotopic (exact) mass is 349 g/mol. The second-order valence-corrected chi connectivity index (χ2v) is 6.71. The number of likely N-dealkylation sites (N-methyl/N-ethyl adjacent to an activating group) is 1. The van der Waals surface area contributed by atoms with Crippen molar-refractivity contribution in [1.82, 2.24) is 4.90 Å². The molecular weight excluding hydrogens is 322 g/mol. The Morgan fingerprint density at radius 3 is 2.60 bits per heavy atom. The summed E-state index contributed by atoms with van der Waals surface area (Å²) < 4.78 is 21.4. The Morgan fingerprint density at radius 1 is 1.16 bits per heavy atom. The third-order valence-corrected chi connectivity index (χ3v) is 5.23. The molecule has 0 unspecified atom stereocenters. The van der Waals surface area contributed by atoms with Gasteiger partial charge in [0.15, 0.2) is 25.1 Å². The lowest BCUT2D eigenvalue weighted by Gasteiger charge is -2.39. The van der Waals surface area contributed by atoms with E-state index in [9.17, 15) is 5.11 Å². The molecule has 1 heterocycles. The molecule has 1 aromatic rings. The van der Waals surface area contributed by atoms with Crippen molar-refractivity contribution in [2.24, 2.45) is 0 Å². The van der Waals surface area contributed by atoms with Crippen LogP contribution in [0.3, 0.4) is 0 Å². The first kappa shape index (κ1) is 18.2. The van der Waals surface area contributed by atoms with Gasteiger partial charge in [-0.2, -0.15) is 0 Å². The average Bonchev–Trinajstić information content (AvgIpc) is 2.96. The minimum Gasteiger partial charge on any atom is -0.464 e.